The minimum Gasteiger partial charge on any atom is -0.495 e. The monoisotopic (exact) mass is 279 g/mol. The smallest absolute Gasteiger partial charge is 0.141 e. The zero-order valence-corrected chi connectivity index (χ0v) is 12.4. The van der Waals surface area contributed by atoms with Gasteiger partial charge in [0, 0.05) is 19.2 Å². The second kappa shape index (κ2) is 5.53. The van der Waals surface area contributed by atoms with Crippen LogP contribution in [0.4, 0.5) is 5.69 Å². The summed E-state index contributed by atoms with van der Waals surface area (Å²) in [7, 11) is 3.50. The molecule has 1 aromatic carbocycles. The highest BCUT2D eigenvalue weighted by molar-refractivity contribution is 6.30. The Balaban J connectivity index is 2.21. The first-order chi connectivity index (χ1) is 9.02. The summed E-state index contributed by atoms with van der Waals surface area (Å²) in [5.74, 6) is 0.822. The SMILES string of the molecule is COc1ccc(C)cc1NCc1c(C)nn(C)c1Cl. The molecule has 0 aliphatic rings. The summed E-state index contributed by atoms with van der Waals surface area (Å²) in [5, 5.41) is 8.31. The Morgan fingerprint density at radius 2 is 2.11 bits per heavy atom. The maximum Gasteiger partial charge on any atom is 0.141 e. The lowest BCUT2D eigenvalue weighted by Gasteiger charge is -2.12. The molecular formula is C14H18ClN3O. The van der Waals surface area contributed by atoms with E-state index < -0.39 is 0 Å². The number of nitrogens with one attached hydrogen (secondary N) is 1. The van der Waals surface area contributed by atoms with Crippen molar-refractivity contribution in [1.29, 1.82) is 0 Å². The van der Waals surface area contributed by atoms with Crippen molar-refractivity contribution in [2.24, 2.45) is 7.05 Å². The Morgan fingerprint density at radius 3 is 2.68 bits per heavy atom. The first-order valence-corrected chi connectivity index (χ1v) is 6.47. The Kier molecular flexibility index (Phi) is 4.00. The number of halogens is 1. The summed E-state index contributed by atoms with van der Waals surface area (Å²) in [4.78, 5) is 0. The fourth-order valence-corrected chi connectivity index (χ4v) is 2.26. The maximum atomic E-state index is 6.21. The van der Waals surface area contributed by atoms with Gasteiger partial charge in [-0.2, -0.15) is 5.10 Å². The van der Waals surface area contributed by atoms with Crippen LogP contribution >= 0.6 is 11.6 Å². The summed E-state index contributed by atoms with van der Waals surface area (Å²) >= 11 is 6.21. The summed E-state index contributed by atoms with van der Waals surface area (Å²) < 4.78 is 7.02. The molecule has 0 spiro atoms. The quantitative estimate of drug-likeness (QED) is 0.933. The Hall–Kier alpha value is -1.68. The summed E-state index contributed by atoms with van der Waals surface area (Å²) in [6.07, 6.45) is 0. The molecule has 1 N–H and O–H groups in total. The second-order valence-corrected chi connectivity index (χ2v) is 4.89. The zero-order chi connectivity index (χ0) is 14.0. The van der Waals surface area contributed by atoms with E-state index in [1.807, 2.05) is 33.0 Å². The van der Waals surface area contributed by atoms with E-state index in [1.54, 1.807) is 11.8 Å². The molecule has 2 rings (SSSR count). The molecule has 0 atom stereocenters. The van der Waals surface area contributed by atoms with Crippen LogP contribution in [0.3, 0.4) is 0 Å². The lowest BCUT2D eigenvalue weighted by molar-refractivity contribution is 0.416. The highest BCUT2D eigenvalue weighted by Gasteiger charge is 2.11. The molecule has 4 nitrogen and oxygen atoms in total. The van der Waals surface area contributed by atoms with Gasteiger partial charge in [-0.05, 0) is 31.5 Å². The number of benzene rings is 1. The van der Waals surface area contributed by atoms with E-state index in [0.29, 0.717) is 11.7 Å². The third-order valence-electron chi connectivity index (χ3n) is 3.08. The van der Waals surface area contributed by atoms with E-state index in [1.165, 1.54) is 5.56 Å². The summed E-state index contributed by atoms with van der Waals surface area (Å²) in [6, 6.07) is 6.03. The average Bonchev–Trinajstić information content (AvgIpc) is 2.61. The van der Waals surface area contributed by atoms with Crippen molar-refractivity contribution in [3.05, 3.63) is 40.2 Å². The first kappa shape index (κ1) is 13.7. The van der Waals surface area contributed by atoms with E-state index >= 15 is 0 Å². The molecular weight excluding hydrogens is 262 g/mol. The molecule has 102 valence electrons. The number of aromatic nitrogens is 2. The van der Waals surface area contributed by atoms with E-state index in [-0.39, 0.29) is 0 Å². The van der Waals surface area contributed by atoms with Gasteiger partial charge in [0.05, 0.1) is 18.5 Å². The second-order valence-electron chi connectivity index (χ2n) is 4.54. The predicted molar refractivity (Wildman–Crippen MR) is 78.0 cm³/mol. The van der Waals surface area contributed by atoms with Gasteiger partial charge in [0.2, 0.25) is 0 Å². The van der Waals surface area contributed by atoms with Crippen LogP contribution in [-0.4, -0.2) is 16.9 Å². The third kappa shape index (κ3) is 2.84. The number of anilines is 1. The van der Waals surface area contributed by atoms with Crippen molar-refractivity contribution in [1.82, 2.24) is 9.78 Å². The van der Waals surface area contributed by atoms with E-state index in [0.717, 1.165) is 22.7 Å². The van der Waals surface area contributed by atoms with Crippen LogP contribution in [0.15, 0.2) is 18.2 Å². The van der Waals surface area contributed by atoms with E-state index in [9.17, 15) is 0 Å². The molecule has 2 aromatic rings. The first-order valence-electron chi connectivity index (χ1n) is 6.09. The number of nitrogens with zero attached hydrogens (tertiary/aromatic N) is 2. The van der Waals surface area contributed by atoms with Crippen LogP contribution in [0.25, 0.3) is 0 Å². The fraction of sp³-hybridized carbons (Fsp3) is 0.357. The molecule has 0 unspecified atom stereocenters. The van der Waals surface area contributed by atoms with Crippen LogP contribution in [0.1, 0.15) is 16.8 Å². The number of hydrogen-bond acceptors (Lipinski definition) is 3. The number of aryl methyl sites for hydroxylation is 3. The highest BCUT2D eigenvalue weighted by Crippen LogP contribution is 2.27. The van der Waals surface area contributed by atoms with Gasteiger partial charge in [-0.15, -0.1) is 0 Å². The molecule has 1 heterocycles. The minimum atomic E-state index is 0.623. The molecule has 0 fully saturated rings. The molecule has 1 aromatic heterocycles. The van der Waals surface area contributed by atoms with Gasteiger partial charge in [0.15, 0.2) is 0 Å². The van der Waals surface area contributed by atoms with Crippen molar-refractivity contribution in [3.8, 4) is 5.75 Å². The molecule has 0 radical (unpaired) electrons. The molecule has 0 amide bonds. The van der Waals surface area contributed by atoms with Crippen LogP contribution in [0, 0.1) is 13.8 Å². The summed E-state index contributed by atoms with van der Waals surface area (Å²) in [6.45, 7) is 4.63. The number of methoxy groups -OCH3 is 1. The molecule has 0 aliphatic carbocycles. The molecule has 5 heteroatoms. The van der Waals surface area contributed by atoms with Gasteiger partial charge in [-0.3, -0.25) is 4.68 Å². The molecule has 19 heavy (non-hydrogen) atoms. The number of hydrogen-bond donors (Lipinski definition) is 1. The van der Waals surface area contributed by atoms with E-state index in [4.69, 9.17) is 16.3 Å². The lowest BCUT2D eigenvalue weighted by Crippen LogP contribution is -2.03. The summed E-state index contributed by atoms with van der Waals surface area (Å²) in [5.41, 5.74) is 4.08. The van der Waals surface area contributed by atoms with Crippen LogP contribution in [0.2, 0.25) is 5.15 Å². The van der Waals surface area contributed by atoms with E-state index in [2.05, 4.69) is 16.5 Å². The average molecular weight is 280 g/mol. The largest absolute Gasteiger partial charge is 0.495 e. The van der Waals surface area contributed by atoms with Crippen LogP contribution in [-0.2, 0) is 13.6 Å². The third-order valence-corrected chi connectivity index (χ3v) is 3.55. The standard InChI is InChI=1S/C14H18ClN3O/c1-9-5-6-13(19-4)12(7-9)16-8-11-10(2)17-18(3)14(11)15/h5-7,16H,8H2,1-4H3. The van der Waals surface area contributed by atoms with Gasteiger partial charge in [0.25, 0.3) is 0 Å². The Morgan fingerprint density at radius 1 is 1.37 bits per heavy atom. The number of rotatable bonds is 4. The van der Waals surface area contributed by atoms with Gasteiger partial charge in [0.1, 0.15) is 10.9 Å². The Labute approximate surface area is 118 Å². The van der Waals surface area contributed by atoms with Crippen molar-refractivity contribution in [2.45, 2.75) is 20.4 Å². The molecule has 0 saturated heterocycles. The normalized spacial score (nSPS) is 10.6. The van der Waals surface area contributed by atoms with Gasteiger partial charge in [-0.1, -0.05) is 17.7 Å². The van der Waals surface area contributed by atoms with Crippen molar-refractivity contribution < 1.29 is 4.74 Å². The van der Waals surface area contributed by atoms with Crippen molar-refractivity contribution >= 4 is 17.3 Å². The number of ether oxygens (including phenoxy) is 1. The van der Waals surface area contributed by atoms with Crippen molar-refractivity contribution in [3.63, 3.8) is 0 Å². The van der Waals surface area contributed by atoms with Crippen molar-refractivity contribution in [2.75, 3.05) is 12.4 Å². The Bertz CT molecular complexity index is 593. The maximum absolute atomic E-state index is 6.21. The topological polar surface area (TPSA) is 39.1 Å². The zero-order valence-electron chi connectivity index (χ0n) is 11.6. The lowest BCUT2D eigenvalue weighted by atomic mass is 10.2. The minimum absolute atomic E-state index is 0.623. The van der Waals surface area contributed by atoms with Crippen LogP contribution in [0.5, 0.6) is 5.75 Å². The van der Waals surface area contributed by atoms with Gasteiger partial charge in [-0.25, -0.2) is 0 Å². The van der Waals surface area contributed by atoms with Crippen LogP contribution < -0.4 is 10.1 Å². The molecule has 0 bridgehead atoms. The predicted octanol–water partition coefficient (Wildman–Crippen LogP) is 3.31. The van der Waals surface area contributed by atoms with Gasteiger partial charge < -0.3 is 10.1 Å². The molecule has 0 saturated carbocycles. The fourth-order valence-electron chi connectivity index (χ4n) is 2.02. The highest BCUT2D eigenvalue weighted by atomic mass is 35.5. The molecule has 0 aliphatic heterocycles. The van der Waals surface area contributed by atoms with Gasteiger partial charge >= 0.3 is 0 Å².